The summed E-state index contributed by atoms with van der Waals surface area (Å²) in [6, 6.07) is 13.2. The molecule has 0 heterocycles. The van der Waals surface area contributed by atoms with Crippen molar-refractivity contribution in [3.05, 3.63) is 63.6 Å². The summed E-state index contributed by atoms with van der Waals surface area (Å²) in [5.74, 6) is -0.203. The Labute approximate surface area is 151 Å². The van der Waals surface area contributed by atoms with Gasteiger partial charge in [-0.25, -0.2) is 0 Å². The summed E-state index contributed by atoms with van der Waals surface area (Å²) in [6.45, 7) is 6.29. The van der Waals surface area contributed by atoms with Gasteiger partial charge < -0.3 is 10.2 Å². The molecule has 0 aliphatic heterocycles. The number of aryl methyl sites for hydroxylation is 2. The number of benzene rings is 2. The van der Waals surface area contributed by atoms with Crippen molar-refractivity contribution in [1.29, 1.82) is 0 Å². The normalized spacial score (nSPS) is 10.3. The van der Waals surface area contributed by atoms with Gasteiger partial charge in [0.05, 0.1) is 5.69 Å². The number of hydrogen-bond donors (Lipinski definition) is 1. The molecule has 24 heavy (non-hydrogen) atoms. The van der Waals surface area contributed by atoms with E-state index in [1.165, 1.54) is 6.92 Å². The summed E-state index contributed by atoms with van der Waals surface area (Å²) < 4.78 is 0.863. The molecule has 4 nitrogen and oxygen atoms in total. The Hall–Kier alpha value is -2.14. The first-order valence-corrected chi connectivity index (χ1v) is 8.57. The number of carbonyl (C=O) groups is 2. The highest BCUT2D eigenvalue weighted by atomic mass is 79.9. The number of rotatable bonds is 5. The summed E-state index contributed by atoms with van der Waals surface area (Å²) in [6.07, 6.45) is 0. The second-order valence-electron chi connectivity index (χ2n) is 5.75. The maximum absolute atomic E-state index is 12.1. The SMILES string of the molecule is CC(=O)N(CCNC(=O)c1ccc(C)cc1)c1ccc(C)cc1Br. The molecule has 2 amide bonds. The van der Waals surface area contributed by atoms with E-state index in [0.717, 1.165) is 21.3 Å². The minimum Gasteiger partial charge on any atom is -0.350 e. The number of amides is 2. The van der Waals surface area contributed by atoms with Crippen molar-refractivity contribution in [3.8, 4) is 0 Å². The van der Waals surface area contributed by atoms with E-state index in [9.17, 15) is 9.59 Å². The summed E-state index contributed by atoms with van der Waals surface area (Å²) in [5.41, 5.74) is 3.64. The highest BCUT2D eigenvalue weighted by Crippen LogP contribution is 2.27. The third kappa shape index (κ3) is 4.68. The van der Waals surface area contributed by atoms with E-state index in [0.29, 0.717) is 18.7 Å². The third-order valence-corrected chi connectivity index (χ3v) is 4.34. The number of nitrogens with zero attached hydrogens (tertiary/aromatic N) is 1. The molecule has 0 unspecified atom stereocenters. The van der Waals surface area contributed by atoms with Crippen molar-refractivity contribution in [2.24, 2.45) is 0 Å². The molecule has 2 aromatic carbocycles. The maximum atomic E-state index is 12.1. The van der Waals surface area contributed by atoms with Crippen LogP contribution in [-0.4, -0.2) is 24.9 Å². The van der Waals surface area contributed by atoms with Gasteiger partial charge in [0.1, 0.15) is 0 Å². The van der Waals surface area contributed by atoms with Gasteiger partial charge in [0.15, 0.2) is 0 Å². The van der Waals surface area contributed by atoms with Crippen LogP contribution >= 0.6 is 15.9 Å². The van der Waals surface area contributed by atoms with Crippen LogP contribution in [0.4, 0.5) is 5.69 Å². The van der Waals surface area contributed by atoms with E-state index in [1.807, 2.05) is 44.2 Å². The van der Waals surface area contributed by atoms with E-state index in [-0.39, 0.29) is 11.8 Å². The molecular formula is C19H21BrN2O2. The van der Waals surface area contributed by atoms with Gasteiger partial charge in [-0.3, -0.25) is 9.59 Å². The standard InChI is InChI=1S/C19H21BrN2O2/c1-13-4-7-16(8-5-13)19(24)21-10-11-22(15(3)23)18-9-6-14(2)12-17(18)20/h4-9,12H,10-11H2,1-3H3,(H,21,24). The fourth-order valence-corrected chi connectivity index (χ4v) is 3.07. The third-order valence-electron chi connectivity index (χ3n) is 3.71. The minimum atomic E-state index is -0.138. The van der Waals surface area contributed by atoms with Crippen LogP contribution in [0.25, 0.3) is 0 Å². The fourth-order valence-electron chi connectivity index (χ4n) is 2.37. The van der Waals surface area contributed by atoms with Gasteiger partial charge in [-0.05, 0) is 59.6 Å². The monoisotopic (exact) mass is 388 g/mol. The van der Waals surface area contributed by atoms with Gasteiger partial charge in [-0.1, -0.05) is 23.8 Å². The Morgan fingerprint density at radius 1 is 1.04 bits per heavy atom. The van der Waals surface area contributed by atoms with E-state index >= 15 is 0 Å². The molecule has 0 bridgehead atoms. The molecule has 5 heteroatoms. The molecule has 126 valence electrons. The van der Waals surface area contributed by atoms with E-state index in [1.54, 1.807) is 17.0 Å². The zero-order valence-corrected chi connectivity index (χ0v) is 15.7. The van der Waals surface area contributed by atoms with Gasteiger partial charge in [-0.15, -0.1) is 0 Å². The molecule has 0 radical (unpaired) electrons. The van der Waals surface area contributed by atoms with Crippen LogP contribution in [0.15, 0.2) is 46.9 Å². The van der Waals surface area contributed by atoms with Crippen molar-refractivity contribution in [1.82, 2.24) is 5.32 Å². The molecule has 1 N–H and O–H groups in total. The Balaban J connectivity index is 2.00. The molecule has 0 saturated heterocycles. The molecular weight excluding hydrogens is 368 g/mol. The number of nitrogens with one attached hydrogen (secondary N) is 1. The molecule has 0 aliphatic carbocycles. The molecule has 0 fully saturated rings. The summed E-state index contributed by atoms with van der Waals surface area (Å²) >= 11 is 3.50. The van der Waals surface area contributed by atoms with Crippen LogP contribution in [-0.2, 0) is 4.79 Å². The van der Waals surface area contributed by atoms with E-state index in [2.05, 4.69) is 21.2 Å². The smallest absolute Gasteiger partial charge is 0.251 e. The molecule has 0 saturated carbocycles. The van der Waals surface area contributed by atoms with Crippen molar-refractivity contribution in [3.63, 3.8) is 0 Å². The van der Waals surface area contributed by atoms with Gasteiger partial charge in [-0.2, -0.15) is 0 Å². The Kier molecular flexibility index (Phi) is 6.15. The van der Waals surface area contributed by atoms with Crippen LogP contribution in [0.3, 0.4) is 0 Å². The minimum absolute atomic E-state index is 0.0656. The predicted molar refractivity (Wildman–Crippen MR) is 100 cm³/mol. The quantitative estimate of drug-likeness (QED) is 0.845. The first-order chi connectivity index (χ1) is 11.4. The number of anilines is 1. The van der Waals surface area contributed by atoms with Crippen molar-refractivity contribution < 1.29 is 9.59 Å². The predicted octanol–water partition coefficient (Wildman–Crippen LogP) is 3.85. The van der Waals surface area contributed by atoms with Crippen LogP contribution in [0, 0.1) is 13.8 Å². The molecule has 2 aromatic rings. The van der Waals surface area contributed by atoms with Gasteiger partial charge in [0.25, 0.3) is 5.91 Å². The van der Waals surface area contributed by atoms with Crippen LogP contribution in [0.1, 0.15) is 28.4 Å². The summed E-state index contributed by atoms with van der Waals surface area (Å²) in [5, 5.41) is 2.86. The average molecular weight is 389 g/mol. The Bertz CT molecular complexity index is 742. The lowest BCUT2D eigenvalue weighted by Crippen LogP contribution is -2.37. The first-order valence-electron chi connectivity index (χ1n) is 7.77. The maximum Gasteiger partial charge on any atom is 0.251 e. The van der Waals surface area contributed by atoms with Crippen LogP contribution in [0.2, 0.25) is 0 Å². The van der Waals surface area contributed by atoms with Crippen LogP contribution in [0.5, 0.6) is 0 Å². The largest absolute Gasteiger partial charge is 0.350 e. The Morgan fingerprint density at radius 2 is 1.67 bits per heavy atom. The van der Waals surface area contributed by atoms with E-state index in [4.69, 9.17) is 0 Å². The molecule has 0 atom stereocenters. The topological polar surface area (TPSA) is 49.4 Å². The lowest BCUT2D eigenvalue weighted by molar-refractivity contribution is -0.116. The van der Waals surface area contributed by atoms with Crippen molar-refractivity contribution in [2.45, 2.75) is 20.8 Å². The second kappa shape index (κ2) is 8.11. The lowest BCUT2D eigenvalue weighted by atomic mass is 10.1. The highest BCUT2D eigenvalue weighted by Gasteiger charge is 2.15. The summed E-state index contributed by atoms with van der Waals surface area (Å²) in [7, 11) is 0. The number of halogens is 1. The van der Waals surface area contributed by atoms with Gasteiger partial charge in [0, 0.05) is 30.0 Å². The average Bonchev–Trinajstić information content (AvgIpc) is 2.52. The first kappa shape index (κ1) is 18.2. The van der Waals surface area contributed by atoms with Crippen molar-refractivity contribution >= 4 is 33.4 Å². The van der Waals surface area contributed by atoms with Gasteiger partial charge in [0.2, 0.25) is 5.91 Å². The fraction of sp³-hybridized carbons (Fsp3) is 0.263. The van der Waals surface area contributed by atoms with Gasteiger partial charge >= 0.3 is 0 Å². The molecule has 2 rings (SSSR count). The molecule has 0 aromatic heterocycles. The molecule has 0 aliphatic rings. The number of hydrogen-bond acceptors (Lipinski definition) is 2. The lowest BCUT2D eigenvalue weighted by Gasteiger charge is -2.23. The van der Waals surface area contributed by atoms with E-state index < -0.39 is 0 Å². The zero-order chi connectivity index (χ0) is 17.7. The number of carbonyl (C=O) groups excluding carboxylic acids is 2. The van der Waals surface area contributed by atoms with Crippen LogP contribution < -0.4 is 10.2 Å². The zero-order valence-electron chi connectivity index (χ0n) is 14.1. The van der Waals surface area contributed by atoms with Crippen molar-refractivity contribution in [2.75, 3.05) is 18.0 Å². The highest BCUT2D eigenvalue weighted by molar-refractivity contribution is 9.10. The second-order valence-corrected chi connectivity index (χ2v) is 6.60. The Morgan fingerprint density at radius 3 is 2.25 bits per heavy atom. The summed E-state index contributed by atoms with van der Waals surface area (Å²) in [4.78, 5) is 25.7. The molecule has 0 spiro atoms.